The first-order valence-electron chi connectivity index (χ1n) is 8.74. The lowest BCUT2D eigenvalue weighted by atomic mass is 10.0. The van der Waals surface area contributed by atoms with Crippen LogP contribution in [0.5, 0.6) is 5.75 Å². The largest absolute Gasteiger partial charge is 0.496 e. The van der Waals surface area contributed by atoms with Crippen molar-refractivity contribution in [3.8, 4) is 22.7 Å². The van der Waals surface area contributed by atoms with Gasteiger partial charge in [-0.1, -0.05) is 30.3 Å². The summed E-state index contributed by atoms with van der Waals surface area (Å²) in [5, 5.41) is 4.55. The number of nitrogens with two attached hydrogens (primary N) is 1. The van der Waals surface area contributed by atoms with Crippen LogP contribution in [0.2, 0.25) is 0 Å². The average Bonchev–Trinajstić information content (AvgIpc) is 3.43. The van der Waals surface area contributed by atoms with E-state index in [1.165, 1.54) is 17.7 Å². The van der Waals surface area contributed by atoms with Crippen LogP contribution in [0.25, 0.3) is 16.9 Å². The molecule has 1 aromatic carbocycles. The standard InChI is InChI=1S/C20H20N4O3/c1-23-11-14(18(22-23)12-8-9-12)24-16(25)10-15(27-2)17(20(21)26)19(24)13-6-4-3-5-7-13/h3-7,10-12H,8-9H2,1-2H3,(H2,21,26). The zero-order valence-corrected chi connectivity index (χ0v) is 15.2. The number of carbonyl (C=O) groups excluding carboxylic acids is 1. The monoisotopic (exact) mass is 364 g/mol. The summed E-state index contributed by atoms with van der Waals surface area (Å²) < 4.78 is 8.52. The van der Waals surface area contributed by atoms with Crippen LogP contribution in [0.3, 0.4) is 0 Å². The summed E-state index contributed by atoms with van der Waals surface area (Å²) in [7, 11) is 3.24. The zero-order chi connectivity index (χ0) is 19.1. The predicted molar refractivity (Wildman–Crippen MR) is 101 cm³/mol. The number of hydrogen-bond donors (Lipinski definition) is 1. The van der Waals surface area contributed by atoms with Crippen LogP contribution in [0.4, 0.5) is 0 Å². The Kier molecular flexibility index (Phi) is 4.07. The lowest BCUT2D eigenvalue weighted by Crippen LogP contribution is -2.26. The smallest absolute Gasteiger partial charge is 0.259 e. The number of primary amides is 1. The molecule has 0 aliphatic heterocycles. The Morgan fingerprint density at radius 1 is 1.26 bits per heavy atom. The Morgan fingerprint density at radius 2 is 1.96 bits per heavy atom. The highest BCUT2D eigenvalue weighted by Gasteiger charge is 2.32. The van der Waals surface area contributed by atoms with E-state index in [2.05, 4.69) is 5.10 Å². The maximum Gasteiger partial charge on any atom is 0.259 e. The van der Waals surface area contributed by atoms with Gasteiger partial charge >= 0.3 is 0 Å². The summed E-state index contributed by atoms with van der Waals surface area (Å²) in [6, 6.07) is 10.5. The summed E-state index contributed by atoms with van der Waals surface area (Å²) in [5.74, 6) is -0.161. The van der Waals surface area contributed by atoms with Gasteiger partial charge in [0.25, 0.3) is 11.5 Å². The first-order valence-corrected chi connectivity index (χ1v) is 8.74. The molecule has 4 rings (SSSR count). The Morgan fingerprint density at radius 3 is 2.56 bits per heavy atom. The van der Waals surface area contributed by atoms with E-state index in [9.17, 15) is 9.59 Å². The molecule has 1 amide bonds. The van der Waals surface area contributed by atoms with Gasteiger partial charge in [0.15, 0.2) is 0 Å². The van der Waals surface area contributed by atoms with Crippen molar-refractivity contribution in [2.45, 2.75) is 18.8 Å². The molecule has 2 N–H and O–H groups in total. The van der Waals surface area contributed by atoms with Crippen molar-refractivity contribution in [1.29, 1.82) is 0 Å². The molecule has 1 aliphatic carbocycles. The first kappa shape index (κ1) is 17.1. The third-order valence-electron chi connectivity index (χ3n) is 4.74. The fraction of sp³-hybridized carbons (Fsp3) is 0.250. The number of benzene rings is 1. The molecule has 0 saturated heterocycles. The molecule has 1 fully saturated rings. The van der Waals surface area contributed by atoms with Crippen molar-refractivity contribution in [2.24, 2.45) is 12.8 Å². The quantitative estimate of drug-likeness (QED) is 0.751. The van der Waals surface area contributed by atoms with E-state index in [4.69, 9.17) is 10.5 Å². The molecule has 0 spiro atoms. The zero-order valence-electron chi connectivity index (χ0n) is 15.2. The van der Waals surface area contributed by atoms with Crippen LogP contribution < -0.4 is 16.0 Å². The highest BCUT2D eigenvalue weighted by Crippen LogP contribution is 2.42. The van der Waals surface area contributed by atoms with E-state index in [1.807, 2.05) is 37.4 Å². The minimum Gasteiger partial charge on any atom is -0.496 e. The number of carbonyl (C=O) groups is 1. The van der Waals surface area contributed by atoms with Gasteiger partial charge in [-0.2, -0.15) is 5.10 Å². The summed E-state index contributed by atoms with van der Waals surface area (Å²) in [6.07, 6.45) is 3.88. The number of nitrogens with zero attached hydrogens (tertiary/aromatic N) is 3. The SMILES string of the molecule is COc1cc(=O)n(-c2cn(C)nc2C2CC2)c(-c2ccccc2)c1C(N)=O. The van der Waals surface area contributed by atoms with Crippen LogP contribution in [-0.2, 0) is 7.05 Å². The van der Waals surface area contributed by atoms with E-state index in [-0.39, 0.29) is 16.9 Å². The fourth-order valence-corrected chi connectivity index (χ4v) is 3.41. The topological polar surface area (TPSA) is 92.1 Å². The molecular formula is C20H20N4O3. The molecule has 0 atom stereocenters. The van der Waals surface area contributed by atoms with Crippen LogP contribution in [0, 0.1) is 0 Å². The third kappa shape index (κ3) is 2.91. The second kappa shape index (κ2) is 6.42. The van der Waals surface area contributed by atoms with Gasteiger partial charge < -0.3 is 10.5 Å². The maximum absolute atomic E-state index is 13.1. The van der Waals surface area contributed by atoms with Gasteiger partial charge in [0, 0.05) is 25.2 Å². The van der Waals surface area contributed by atoms with Gasteiger partial charge in [0.2, 0.25) is 0 Å². The third-order valence-corrected chi connectivity index (χ3v) is 4.74. The molecule has 3 aromatic rings. The number of rotatable bonds is 5. The molecule has 1 aliphatic rings. The Bertz CT molecular complexity index is 1080. The summed E-state index contributed by atoms with van der Waals surface area (Å²) >= 11 is 0. The van der Waals surface area contributed by atoms with Gasteiger partial charge in [-0.15, -0.1) is 0 Å². The van der Waals surface area contributed by atoms with Gasteiger partial charge in [-0.25, -0.2) is 0 Å². The molecule has 27 heavy (non-hydrogen) atoms. The maximum atomic E-state index is 13.1. The highest BCUT2D eigenvalue weighted by atomic mass is 16.5. The molecule has 138 valence electrons. The second-order valence-electron chi connectivity index (χ2n) is 6.69. The molecule has 7 heteroatoms. The van der Waals surface area contributed by atoms with Crippen molar-refractivity contribution >= 4 is 5.91 Å². The lowest BCUT2D eigenvalue weighted by Gasteiger charge is -2.18. The van der Waals surface area contributed by atoms with Crippen LogP contribution in [0.1, 0.15) is 34.8 Å². The second-order valence-corrected chi connectivity index (χ2v) is 6.69. The van der Waals surface area contributed by atoms with E-state index in [1.54, 1.807) is 10.9 Å². The van der Waals surface area contributed by atoms with Crippen molar-refractivity contribution in [3.63, 3.8) is 0 Å². The van der Waals surface area contributed by atoms with Crippen LogP contribution >= 0.6 is 0 Å². The minimum absolute atomic E-state index is 0.166. The molecule has 0 radical (unpaired) electrons. The van der Waals surface area contributed by atoms with E-state index < -0.39 is 5.91 Å². The van der Waals surface area contributed by atoms with E-state index >= 15 is 0 Å². The molecule has 2 heterocycles. The van der Waals surface area contributed by atoms with E-state index in [0.29, 0.717) is 22.9 Å². The van der Waals surface area contributed by atoms with Crippen molar-refractivity contribution in [3.05, 3.63) is 64.2 Å². The number of aromatic nitrogens is 3. The summed E-state index contributed by atoms with van der Waals surface area (Å²) in [4.78, 5) is 25.4. The molecule has 0 bridgehead atoms. The number of ether oxygens (including phenoxy) is 1. The summed E-state index contributed by atoms with van der Waals surface area (Å²) in [5.41, 5.74) is 8.21. The number of aryl methyl sites for hydroxylation is 1. The van der Waals surface area contributed by atoms with E-state index in [0.717, 1.165) is 18.5 Å². The number of methoxy groups -OCH3 is 1. The molecular weight excluding hydrogens is 344 g/mol. The van der Waals surface area contributed by atoms with Gasteiger partial charge in [0.05, 0.1) is 24.2 Å². The van der Waals surface area contributed by atoms with Crippen LogP contribution in [-0.4, -0.2) is 27.4 Å². The number of hydrogen-bond acceptors (Lipinski definition) is 4. The molecule has 7 nitrogen and oxygen atoms in total. The van der Waals surface area contributed by atoms with Crippen LogP contribution in [0.15, 0.2) is 47.4 Å². The Hall–Kier alpha value is -3.35. The van der Waals surface area contributed by atoms with Gasteiger partial charge in [-0.3, -0.25) is 18.8 Å². The first-order chi connectivity index (χ1) is 13.0. The Balaban J connectivity index is 2.12. The molecule has 1 saturated carbocycles. The lowest BCUT2D eigenvalue weighted by molar-refractivity contribution is 0.0997. The number of amides is 1. The highest BCUT2D eigenvalue weighted by molar-refractivity contribution is 6.02. The minimum atomic E-state index is -0.656. The van der Waals surface area contributed by atoms with Crippen molar-refractivity contribution in [2.75, 3.05) is 7.11 Å². The predicted octanol–water partition coefficient (Wildman–Crippen LogP) is 2.22. The summed E-state index contributed by atoms with van der Waals surface area (Å²) in [6.45, 7) is 0. The Labute approximate surface area is 156 Å². The number of pyridine rings is 1. The average molecular weight is 364 g/mol. The van der Waals surface area contributed by atoms with Gasteiger partial charge in [0.1, 0.15) is 11.3 Å². The van der Waals surface area contributed by atoms with Gasteiger partial charge in [-0.05, 0) is 18.4 Å². The molecule has 0 unspecified atom stereocenters. The fourth-order valence-electron chi connectivity index (χ4n) is 3.41. The normalized spacial score (nSPS) is 13.6. The van der Waals surface area contributed by atoms with Crippen molar-refractivity contribution in [1.82, 2.24) is 14.3 Å². The molecule has 2 aromatic heterocycles. The van der Waals surface area contributed by atoms with Crippen molar-refractivity contribution < 1.29 is 9.53 Å².